The third-order valence-corrected chi connectivity index (χ3v) is 2.60. The summed E-state index contributed by atoms with van der Waals surface area (Å²) < 4.78 is 18.8. The Morgan fingerprint density at radius 1 is 1.29 bits per heavy atom. The van der Waals surface area contributed by atoms with E-state index in [0.717, 1.165) is 0 Å². The van der Waals surface area contributed by atoms with E-state index in [1.807, 2.05) is 0 Å². The van der Waals surface area contributed by atoms with Crippen LogP contribution in [-0.2, 0) is 0 Å². The number of hydrogen-bond acceptors (Lipinski definition) is 3. The molecule has 0 atom stereocenters. The monoisotopic (exact) mass is 252 g/mol. The molecule has 3 nitrogen and oxygen atoms in total. The van der Waals surface area contributed by atoms with E-state index in [0.29, 0.717) is 22.6 Å². The molecule has 0 N–H and O–H groups in total. The Labute approximate surface area is 103 Å². The summed E-state index contributed by atoms with van der Waals surface area (Å²) in [5, 5.41) is 0.153. The zero-order valence-electron chi connectivity index (χ0n) is 9.37. The van der Waals surface area contributed by atoms with E-state index in [2.05, 4.69) is 9.97 Å². The van der Waals surface area contributed by atoms with Gasteiger partial charge in [-0.05, 0) is 30.7 Å². The van der Waals surface area contributed by atoms with Crippen LogP contribution in [0.5, 0.6) is 5.75 Å². The van der Waals surface area contributed by atoms with E-state index in [4.69, 9.17) is 16.3 Å². The third-order valence-electron chi connectivity index (χ3n) is 2.42. The number of halogens is 2. The molecule has 0 aliphatic carbocycles. The van der Waals surface area contributed by atoms with Crippen molar-refractivity contribution in [1.82, 2.24) is 9.97 Å². The van der Waals surface area contributed by atoms with Crippen LogP contribution >= 0.6 is 11.6 Å². The average Bonchev–Trinajstić information content (AvgIpc) is 2.30. The Bertz CT molecular complexity index is 560. The number of ether oxygens (including phenoxy) is 1. The van der Waals surface area contributed by atoms with E-state index in [-0.39, 0.29) is 11.1 Å². The molecule has 2 aromatic rings. The maximum absolute atomic E-state index is 13.8. The molecule has 0 aliphatic heterocycles. The van der Waals surface area contributed by atoms with Crippen molar-refractivity contribution >= 4 is 11.6 Å². The Morgan fingerprint density at radius 3 is 2.65 bits per heavy atom. The molecule has 2 rings (SSSR count). The standard InChI is InChI=1S/C12H10ClFN2O/c1-7-10(6-15-12(13)16-7)9-4-3-8(17-2)5-11(9)14/h3-6H,1-2H3. The highest BCUT2D eigenvalue weighted by molar-refractivity contribution is 6.28. The highest BCUT2D eigenvalue weighted by Gasteiger charge is 2.10. The van der Waals surface area contributed by atoms with Gasteiger partial charge < -0.3 is 4.74 Å². The molecule has 0 spiro atoms. The fourth-order valence-electron chi connectivity index (χ4n) is 1.54. The zero-order valence-corrected chi connectivity index (χ0v) is 10.1. The van der Waals surface area contributed by atoms with Crippen molar-refractivity contribution in [2.24, 2.45) is 0 Å². The fourth-order valence-corrected chi connectivity index (χ4v) is 1.72. The Morgan fingerprint density at radius 2 is 2.06 bits per heavy atom. The molecule has 88 valence electrons. The van der Waals surface area contributed by atoms with Crippen molar-refractivity contribution in [1.29, 1.82) is 0 Å². The summed E-state index contributed by atoms with van der Waals surface area (Å²) in [5.41, 5.74) is 1.68. The molecule has 1 aromatic carbocycles. The number of benzene rings is 1. The lowest BCUT2D eigenvalue weighted by Crippen LogP contribution is -1.94. The molecular formula is C12H10ClFN2O. The number of methoxy groups -OCH3 is 1. The van der Waals surface area contributed by atoms with E-state index < -0.39 is 0 Å². The number of aromatic nitrogens is 2. The van der Waals surface area contributed by atoms with Crippen LogP contribution in [0.2, 0.25) is 5.28 Å². The van der Waals surface area contributed by atoms with Crippen molar-refractivity contribution in [3.8, 4) is 16.9 Å². The summed E-state index contributed by atoms with van der Waals surface area (Å²) in [6.45, 7) is 1.76. The van der Waals surface area contributed by atoms with E-state index in [1.165, 1.54) is 19.4 Å². The van der Waals surface area contributed by atoms with Crippen molar-refractivity contribution in [3.05, 3.63) is 41.2 Å². The normalized spacial score (nSPS) is 10.4. The molecule has 5 heteroatoms. The Balaban J connectivity index is 2.53. The topological polar surface area (TPSA) is 35.0 Å². The number of hydrogen-bond donors (Lipinski definition) is 0. The summed E-state index contributed by atoms with van der Waals surface area (Å²) in [6.07, 6.45) is 1.51. The summed E-state index contributed by atoms with van der Waals surface area (Å²) in [7, 11) is 1.49. The lowest BCUT2D eigenvalue weighted by atomic mass is 10.1. The van der Waals surface area contributed by atoms with Crippen molar-refractivity contribution in [2.45, 2.75) is 6.92 Å². The second-order valence-corrected chi connectivity index (χ2v) is 3.82. The van der Waals surface area contributed by atoms with Crippen LogP contribution in [0.4, 0.5) is 4.39 Å². The van der Waals surface area contributed by atoms with Gasteiger partial charge in [0.15, 0.2) is 0 Å². The minimum absolute atomic E-state index is 0.153. The minimum atomic E-state index is -0.377. The molecule has 1 heterocycles. The second-order valence-electron chi connectivity index (χ2n) is 3.48. The second kappa shape index (κ2) is 4.67. The molecule has 0 radical (unpaired) electrons. The zero-order chi connectivity index (χ0) is 12.4. The van der Waals surface area contributed by atoms with Gasteiger partial charge in [0.2, 0.25) is 5.28 Å². The quantitative estimate of drug-likeness (QED) is 0.770. The largest absolute Gasteiger partial charge is 0.497 e. The highest BCUT2D eigenvalue weighted by atomic mass is 35.5. The van der Waals surface area contributed by atoms with Crippen LogP contribution in [-0.4, -0.2) is 17.1 Å². The van der Waals surface area contributed by atoms with Gasteiger partial charge in [0.05, 0.1) is 12.8 Å². The first-order valence-corrected chi connectivity index (χ1v) is 5.32. The number of rotatable bonds is 2. The SMILES string of the molecule is COc1ccc(-c2cnc(Cl)nc2C)c(F)c1. The molecule has 0 fully saturated rings. The van der Waals surface area contributed by atoms with Crippen molar-refractivity contribution in [3.63, 3.8) is 0 Å². The lowest BCUT2D eigenvalue weighted by Gasteiger charge is -2.07. The summed E-state index contributed by atoms with van der Waals surface area (Å²) in [6, 6.07) is 4.64. The summed E-state index contributed by atoms with van der Waals surface area (Å²) in [5.74, 6) is 0.0946. The van der Waals surface area contributed by atoms with E-state index in [9.17, 15) is 4.39 Å². The molecule has 0 saturated carbocycles. The van der Waals surface area contributed by atoms with Crippen LogP contribution in [0.1, 0.15) is 5.69 Å². The first kappa shape index (κ1) is 11.8. The van der Waals surface area contributed by atoms with Crippen LogP contribution in [0.15, 0.2) is 24.4 Å². The third kappa shape index (κ3) is 2.36. The molecule has 0 unspecified atom stereocenters. The van der Waals surface area contributed by atoms with Crippen LogP contribution in [0, 0.1) is 12.7 Å². The van der Waals surface area contributed by atoms with Crippen LogP contribution in [0.3, 0.4) is 0 Å². The molecular weight excluding hydrogens is 243 g/mol. The predicted molar refractivity (Wildman–Crippen MR) is 63.7 cm³/mol. The maximum atomic E-state index is 13.8. The number of nitrogens with zero attached hydrogens (tertiary/aromatic N) is 2. The van der Waals surface area contributed by atoms with Crippen molar-refractivity contribution < 1.29 is 9.13 Å². The maximum Gasteiger partial charge on any atom is 0.222 e. The van der Waals surface area contributed by atoms with E-state index in [1.54, 1.807) is 19.1 Å². The molecule has 17 heavy (non-hydrogen) atoms. The van der Waals surface area contributed by atoms with Crippen LogP contribution in [0.25, 0.3) is 11.1 Å². The first-order chi connectivity index (χ1) is 8.11. The Kier molecular flexibility index (Phi) is 3.24. The molecule has 0 amide bonds. The highest BCUT2D eigenvalue weighted by Crippen LogP contribution is 2.27. The molecule has 0 saturated heterocycles. The number of aryl methyl sites for hydroxylation is 1. The van der Waals surface area contributed by atoms with Gasteiger partial charge in [-0.15, -0.1) is 0 Å². The molecule has 1 aromatic heterocycles. The first-order valence-electron chi connectivity index (χ1n) is 4.95. The van der Waals surface area contributed by atoms with E-state index >= 15 is 0 Å². The van der Waals surface area contributed by atoms with Gasteiger partial charge in [0.1, 0.15) is 11.6 Å². The summed E-state index contributed by atoms with van der Waals surface area (Å²) >= 11 is 5.66. The van der Waals surface area contributed by atoms with Crippen LogP contribution < -0.4 is 4.74 Å². The Hall–Kier alpha value is -1.68. The minimum Gasteiger partial charge on any atom is -0.497 e. The average molecular weight is 253 g/mol. The van der Waals surface area contributed by atoms with Gasteiger partial charge in [0, 0.05) is 23.4 Å². The van der Waals surface area contributed by atoms with Gasteiger partial charge in [-0.25, -0.2) is 14.4 Å². The molecule has 0 bridgehead atoms. The van der Waals surface area contributed by atoms with Gasteiger partial charge in [-0.1, -0.05) is 0 Å². The van der Waals surface area contributed by atoms with Gasteiger partial charge in [-0.3, -0.25) is 0 Å². The smallest absolute Gasteiger partial charge is 0.222 e. The van der Waals surface area contributed by atoms with Gasteiger partial charge in [0.25, 0.3) is 0 Å². The lowest BCUT2D eigenvalue weighted by molar-refractivity contribution is 0.411. The van der Waals surface area contributed by atoms with Gasteiger partial charge in [-0.2, -0.15) is 0 Å². The molecule has 0 aliphatic rings. The predicted octanol–water partition coefficient (Wildman–Crippen LogP) is 3.25. The van der Waals surface area contributed by atoms with Crippen molar-refractivity contribution in [2.75, 3.05) is 7.11 Å². The van der Waals surface area contributed by atoms with Gasteiger partial charge >= 0.3 is 0 Å². The fraction of sp³-hybridized carbons (Fsp3) is 0.167. The summed E-state index contributed by atoms with van der Waals surface area (Å²) in [4.78, 5) is 7.85.